The van der Waals surface area contributed by atoms with Crippen LogP contribution in [0.1, 0.15) is 69.6 Å². The predicted molar refractivity (Wildman–Crippen MR) is 265 cm³/mol. The third kappa shape index (κ3) is 6.07. The van der Waals surface area contributed by atoms with E-state index in [9.17, 15) is 0 Å². The van der Waals surface area contributed by atoms with Crippen LogP contribution in [0.25, 0.3) is 54.9 Å². The van der Waals surface area contributed by atoms with Gasteiger partial charge in [0.1, 0.15) is 0 Å². The minimum absolute atomic E-state index is 0.216. The van der Waals surface area contributed by atoms with E-state index in [2.05, 4.69) is 232 Å². The number of rotatable bonds is 9. The molecular formula is C60H52N2. The molecule has 0 amide bonds. The molecule has 2 heteroatoms. The van der Waals surface area contributed by atoms with Crippen molar-refractivity contribution in [3.8, 4) is 33.4 Å². The van der Waals surface area contributed by atoms with Gasteiger partial charge >= 0.3 is 0 Å². The molecule has 0 radical (unpaired) electrons. The summed E-state index contributed by atoms with van der Waals surface area (Å²) in [6.45, 7) is 9.53. The van der Waals surface area contributed by atoms with E-state index >= 15 is 0 Å². The Morgan fingerprint density at radius 2 is 1.02 bits per heavy atom. The Kier molecular flexibility index (Phi) is 9.34. The SMILES string of the molecule is CCCCC1C(C)c2ccccc2N1c1ccc(N(c2ccccc2)c2ccc3c(c2)C(C)(C)c2cc(-c4c5ccccc5c(-c5ccccc5)c5ccccc45)ccc2-3)cc1. The molecule has 0 spiro atoms. The van der Waals surface area contributed by atoms with Gasteiger partial charge in [-0.15, -0.1) is 0 Å². The Labute approximate surface area is 366 Å². The summed E-state index contributed by atoms with van der Waals surface area (Å²) in [7, 11) is 0. The maximum absolute atomic E-state index is 2.61. The van der Waals surface area contributed by atoms with Crippen LogP contribution < -0.4 is 9.80 Å². The zero-order chi connectivity index (χ0) is 42.0. The summed E-state index contributed by atoms with van der Waals surface area (Å²) in [6.07, 6.45) is 3.63. The largest absolute Gasteiger partial charge is 0.338 e. The topological polar surface area (TPSA) is 6.48 Å². The number of anilines is 5. The van der Waals surface area contributed by atoms with Crippen LogP contribution in [0.3, 0.4) is 0 Å². The second-order valence-corrected chi connectivity index (χ2v) is 17.9. The van der Waals surface area contributed by atoms with Gasteiger partial charge in [-0.1, -0.05) is 174 Å². The van der Waals surface area contributed by atoms with E-state index < -0.39 is 0 Å². The molecule has 11 rings (SSSR count). The van der Waals surface area contributed by atoms with Crippen LogP contribution in [0.2, 0.25) is 0 Å². The number of hydrogen-bond acceptors (Lipinski definition) is 2. The average molecular weight is 801 g/mol. The van der Waals surface area contributed by atoms with Gasteiger partial charge in [0.15, 0.2) is 0 Å². The molecule has 1 aliphatic carbocycles. The molecular weight excluding hydrogens is 749 g/mol. The quantitative estimate of drug-likeness (QED) is 0.134. The van der Waals surface area contributed by atoms with Gasteiger partial charge in [-0.05, 0) is 139 Å². The van der Waals surface area contributed by atoms with Crippen molar-refractivity contribution in [1.82, 2.24) is 0 Å². The van der Waals surface area contributed by atoms with Crippen molar-refractivity contribution in [3.63, 3.8) is 0 Å². The van der Waals surface area contributed by atoms with Crippen molar-refractivity contribution >= 4 is 50.0 Å². The molecule has 1 heterocycles. The Morgan fingerprint density at radius 3 is 1.66 bits per heavy atom. The fourth-order valence-electron chi connectivity index (χ4n) is 11.0. The summed E-state index contributed by atoms with van der Waals surface area (Å²) in [4.78, 5) is 5.04. The van der Waals surface area contributed by atoms with E-state index in [4.69, 9.17) is 0 Å². The monoisotopic (exact) mass is 800 g/mol. The first-order valence-electron chi connectivity index (χ1n) is 22.5. The van der Waals surface area contributed by atoms with Gasteiger partial charge in [-0.2, -0.15) is 0 Å². The average Bonchev–Trinajstić information content (AvgIpc) is 3.73. The first-order valence-corrected chi connectivity index (χ1v) is 22.5. The molecule has 0 N–H and O–H groups in total. The minimum Gasteiger partial charge on any atom is -0.338 e. The van der Waals surface area contributed by atoms with Crippen molar-refractivity contribution < 1.29 is 0 Å². The van der Waals surface area contributed by atoms with Crippen molar-refractivity contribution in [2.45, 2.75) is 64.3 Å². The van der Waals surface area contributed by atoms with Crippen molar-refractivity contribution in [1.29, 1.82) is 0 Å². The van der Waals surface area contributed by atoms with E-state index in [1.807, 2.05) is 0 Å². The lowest BCUT2D eigenvalue weighted by Crippen LogP contribution is -2.29. The lowest BCUT2D eigenvalue weighted by atomic mass is 9.80. The van der Waals surface area contributed by atoms with E-state index in [1.165, 1.54) is 108 Å². The molecule has 0 saturated carbocycles. The zero-order valence-electron chi connectivity index (χ0n) is 36.1. The molecule has 0 fully saturated rings. The van der Waals surface area contributed by atoms with Crippen LogP contribution in [-0.2, 0) is 5.41 Å². The van der Waals surface area contributed by atoms with Crippen LogP contribution in [0, 0.1) is 0 Å². The molecule has 302 valence electrons. The molecule has 2 aliphatic rings. The highest BCUT2D eigenvalue weighted by Gasteiger charge is 2.38. The lowest BCUT2D eigenvalue weighted by molar-refractivity contribution is 0.526. The molecule has 2 nitrogen and oxygen atoms in total. The van der Waals surface area contributed by atoms with Gasteiger partial charge in [0.25, 0.3) is 0 Å². The van der Waals surface area contributed by atoms with Crippen LogP contribution in [0.5, 0.6) is 0 Å². The lowest BCUT2D eigenvalue weighted by Gasteiger charge is -2.31. The van der Waals surface area contributed by atoms with Crippen LogP contribution >= 0.6 is 0 Å². The highest BCUT2D eigenvalue weighted by Crippen LogP contribution is 2.53. The van der Waals surface area contributed by atoms with E-state index in [-0.39, 0.29) is 5.41 Å². The number of unbranched alkanes of at least 4 members (excludes halogenated alkanes) is 1. The number of nitrogens with zero attached hydrogens (tertiary/aromatic N) is 2. The molecule has 9 aromatic rings. The van der Waals surface area contributed by atoms with Gasteiger partial charge in [-0.25, -0.2) is 0 Å². The predicted octanol–water partition coefficient (Wildman–Crippen LogP) is 16.9. The smallest absolute Gasteiger partial charge is 0.0465 e. The van der Waals surface area contributed by atoms with E-state index in [0.29, 0.717) is 12.0 Å². The first kappa shape index (κ1) is 38.1. The fraction of sp³-hybridized carbons (Fsp3) is 0.167. The van der Waals surface area contributed by atoms with Gasteiger partial charge in [-0.3, -0.25) is 0 Å². The second kappa shape index (κ2) is 15.2. The molecule has 2 atom stereocenters. The van der Waals surface area contributed by atoms with Gasteiger partial charge in [0.05, 0.1) is 0 Å². The highest BCUT2D eigenvalue weighted by molar-refractivity contribution is 6.21. The summed E-state index contributed by atoms with van der Waals surface area (Å²) in [5.74, 6) is 0.493. The Hall–Kier alpha value is -6.90. The maximum Gasteiger partial charge on any atom is 0.0465 e. The summed E-state index contributed by atoms with van der Waals surface area (Å²) in [5, 5.41) is 5.13. The van der Waals surface area contributed by atoms with Crippen LogP contribution in [0.15, 0.2) is 194 Å². The summed E-state index contributed by atoms with van der Waals surface area (Å²) in [6, 6.07) is 72.8. The normalized spacial score (nSPS) is 16.0. The molecule has 9 aromatic carbocycles. The maximum atomic E-state index is 2.61. The van der Waals surface area contributed by atoms with E-state index in [0.717, 1.165) is 11.4 Å². The Bertz CT molecular complexity index is 3050. The second-order valence-electron chi connectivity index (χ2n) is 17.9. The zero-order valence-corrected chi connectivity index (χ0v) is 36.1. The molecule has 0 bridgehead atoms. The summed E-state index contributed by atoms with van der Waals surface area (Å²) in [5.41, 5.74) is 17.8. The minimum atomic E-state index is -0.216. The third-order valence-corrected chi connectivity index (χ3v) is 14.0. The van der Waals surface area contributed by atoms with Gasteiger partial charge < -0.3 is 9.80 Å². The van der Waals surface area contributed by atoms with E-state index in [1.54, 1.807) is 0 Å². The summed E-state index contributed by atoms with van der Waals surface area (Å²) < 4.78 is 0. The van der Waals surface area contributed by atoms with Crippen LogP contribution in [-0.4, -0.2) is 6.04 Å². The van der Waals surface area contributed by atoms with Crippen molar-refractivity contribution in [3.05, 3.63) is 211 Å². The third-order valence-electron chi connectivity index (χ3n) is 14.0. The number of hydrogen-bond donors (Lipinski definition) is 0. The van der Waals surface area contributed by atoms with Gasteiger partial charge in [0.2, 0.25) is 0 Å². The Morgan fingerprint density at radius 1 is 0.500 bits per heavy atom. The fourth-order valence-corrected chi connectivity index (χ4v) is 11.0. The number of fused-ring (bicyclic) bond motifs is 6. The molecule has 0 aromatic heterocycles. The van der Waals surface area contributed by atoms with Crippen molar-refractivity contribution in [2.75, 3.05) is 9.80 Å². The number of benzene rings is 9. The molecule has 0 saturated heterocycles. The molecule has 2 unspecified atom stereocenters. The highest BCUT2D eigenvalue weighted by atomic mass is 15.2. The van der Waals surface area contributed by atoms with Gasteiger partial charge in [0, 0.05) is 45.8 Å². The molecule has 62 heavy (non-hydrogen) atoms. The number of para-hydroxylation sites is 2. The molecule has 1 aliphatic heterocycles. The van der Waals surface area contributed by atoms with Crippen LogP contribution in [0.4, 0.5) is 28.4 Å². The van der Waals surface area contributed by atoms with Crippen molar-refractivity contribution in [2.24, 2.45) is 0 Å². The Balaban J connectivity index is 0.993. The standard InChI is InChI=1S/C60H52N2/c1-5-6-28-56-40(2)47-23-17-18-29-57(47)62(56)45-33-31-44(32-34-45)61(43-21-11-8-12-22-43)46-35-37-49-48-36-30-42(38-54(48)60(3,4)55(49)39-46)59-52-26-15-13-24-50(52)58(41-19-9-7-10-20-41)51-25-14-16-27-53(51)59/h7-27,29-40,56H,5-6,28H2,1-4H3. The first-order chi connectivity index (χ1) is 30.4. The summed E-state index contributed by atoms with van der Waals surface area (Å²) >= 11 is 0.